The van der Waals surface area contributed by atoms with Crippen LogP contribution < -0.4 is 10.0 Å². The molecule has 3 rings (SSSR count). The Bertz CT molecular complexity index is 1150. The smallest absolute Gasteiger partial charge is 0.264 e. The minimum atomic E-state index is -3.84. The largest absolute Gasteiger partial charge is 0.325 e. The summed E-state index contributed by atoms with van der Waals surface area (Å²) < 4.78 is 27.4. The van der Waals surface area contributed by atoms with Crippen molar-refractivity contribution in [2.24, 2.45) is 0 Å². The molecule has 2 aromatic carbocycles. The van der Waals surface area contributed by atoms with Crippen LogP contribution in [0.4, 0.5) is 11.6 Å². The fourth-order valence-corrected chi connectivity index (χ4v) is 4.65. The number of halogens is 1. The van der Waals surface area contributed by atoms with Crippen molar-refractivity contribution < 1.29 is 13.2 Å². The van der Waals surface area contributed by atoms with Crippen LogP contribution in [0.2, 0.25) is 5.02 Å². The molecular weight excluding hydrogens is 456 g/mol. The lowest BCUT2D eigenvalue weighted by molar-refractivity contribution is -0.115. The lowest BCUT2D eigenvalue weighted by Gasteiger charge is -2.15. The highest BCUT2D eigenvalue weighted by molar-refractivity contribution is 8.00. The molecule has 3 aromatic rings. The molecule has 0 spiro atoms. The molecule has 1 heterocycles. The van der Waals surface area contributed by atoms with Gasteiger partial charge in [0.05, 0.1) is 10.1 Å². The summed E-state index contributed by atoms with van der Waals surface area (Å²) in [7, 11) is -3.84. The Hall–Kier alpha value is -2.62. The number of carbonyl (C=O) groups excluding carboxylic acids is 1. The van der Waals surface area contributed by atoms with Crippen LogP contribution in [0.25, 0.3) is 0 Å². The van der Waals surface area contributed by atoms with E-state index in [1.165, 1.54) is 30.1 Å². The van der Waals surface area contributed by atoms with Crippen molar-refractivity contribution in [3.8, 4) is 0 Å². The predicted molar refractivity (Wildman–Crippen MR) is 124 cm³/mol. The second-order valence-electron chi connectivity index (χ2n) is 6.61. The molecule has 2 N–H and O–H groups in total. The third-order valence-electron chi connectivity index (χ3n) is 4.21. The molecule has 0 aliphatic carbocycles. The Balaban J connectivity index is 1.66. The Morgan fingerprint density at radius 3 is 2.39 bits per heavy atom. The van der Waals surface area contributed by atoms with Gasteiger partial charge in [-0.25, -0.2) is 23.1 Å². The second-order valence-corrected chi connectivity index (χ2v) is 10.0. The molecule has 0 aliphatic heterocycles. The van der Waals surface area contributed by atoms with Gasteiger partial charge in [-0.05, 0) is 67.9 Å². The number of aryl methyl sites for hydroxylation is 1. The maximum atomic E-state index is 12.7. The normalized spacial score (nSPS) is 12.2. The van der Waals surface area contributed by atoms with E-state index in [0.29, 0.717) is 22.8 Å². The molecular formula is C21H21ClN4O3S2. The number of benzene rings is 2. The number of anilines is 2. The van der Waals surface area contributed by atoms with Crippen molar-refractivity contribution in [3.05, 3.63) is 71.5 Å². The average molecular weight is 477 g/mol. The van der Waals surface area contributed by atoms with Gasteiger partial charge >= 0.3 is 0 Å². The summed E-state index contributed by atoms with van der Waals surface area (Å²) in [6, 6.07) is 14.9. The molecule has 0 aliphatic rings. The van der Waals surface area contributed by atoms with E-state index in [4.69, 9.17) is 11.6 Å². The highest BCUT2D eigenvalue weighted by Crippen LogP contribution is 2.28. The molecule has 10 heteroatoms. The zero-order chi connectivity index (χ0) is 22.4. The number of amides is 1. The Kier molecular flexibility index (Phi) is 7.53. The number of carbonyl (C=O) groups is 1. The van der Waals surface area contributed by atoms with Crippen LogP contribution >= 0.6 is 23.4 Å². The van der Waals surface area contributed by atoms with Crippen molar-refractivity contribution >= 4 is 50.9 Å². The van der Waals surface area contributed by atoms with E-state index in [-0.39, 0.29) is 22.0 Å². The number of thioether (sulfide) groups is 1. The van der Waals surface area contributed by atoms with E-state index in [2.05, 4.69) is 20.0 Å². The fraction of sp³-hybridized carbons (Fsp3) is 0.190. The minimum Gasteiger partial charge on any atom is -0.325 e. The second kappa shape index (κ2) is 10.1. The van der Waals surface area contributed by atoms with Gasteiger partial charge in [-0.1, -0.05) is 18.5 Å². The lowest BCUT2D eigenvalue weighted by atomic mass is 10.3. The summed E-state index contributed by atoms with van der Waals surface area (Å²) in [6.45, 7) is 3.67. The molecule has 1 aromatic heterocycles. The first-order chi connectivity index (χ1) is 14.8. The van der Waals surface area contributed by atoms with E-state index in [1.54, 1.807) is 37.3 Å². The number of aromatic nitrogens is 2. The predicted octanol–water partition coefficient (Wildman–Crippen LogP) is 4.75. The summed E-state index contributed by atoms with van der Waals surface area (Å²) in [6.07, 6.45) is 2.11. The minimum absolute atomic E-state index is 0.00221. The van der Waals surface area contributed by atoms with Gasteiger partial charge in [0.1, 0.15) is 0 Å². The van der Waals surface area contributed by atoms with Crippen molar-refractivity contribution in [2.45, 2.75) is 35.3 Å². The van der Waals surface area contributed by atoms with E-state index in [0.717, 1.165) is 4.90 Å². The third-order valence-corrected chi connectivity index (χ3v) is 7.18. The van der Waals surface area contributed by atoms with Crippen LogP contribution in [0.5, 0.6) is 0 Å². The van der Waals surface area contributed by atoms with E-state index in [9.17, 15) is 13.2 Å². The van der Waals surface area contributed by atoms with Gasteiger partial charge in [0.2, 0.25) is 11.9 Å². The van der Waals surface area contributed by atoms with Crippen LogP contribution in [0.15, 0.2) is 70.6 Å². The zero-order valence-electron chi connectivity index (χ0n) is 16.9. The quantitative estimate of drug-likeness (QED) is 0.455. The van der Waals surface area contributed by atoms with Gasteiger partial charge in [-0.15, -0.1) is 11.8 Å². The first-order valence-corrected chi connectivity index (χ1v) is 12.2. The molecule has 0 bridgehead atoms. The van der Waals surface area contributed by atoms with E-state index >= 15 is 0 Å². The van der Waals surface area contributed by atoms with Crippen LogP contribution in [0.1, 0.15) is 19.0 Å². The van der Waals surface area contributed by atoms with Crippen LogP contribution in [0, 0.1) is 6.92 Å². The molecule has 0 radical (unpaired) electrons. The summed E-state index contributed by atoms with van der Waals surface area (Å²) in [5.74, 6) is -0.160. The molecule has 1 atom stereocenters. The summed E-state index contributed by atoms with van der Waals surface area (Å²) in [5.41, 5.74) is 1.15. The number of nitrogens with zero attached hydrogens (tertiary/aromatic N) is 2. The maximum Gasteiger partial charge on any atom is 0.264 e. The van der Waals surface area contributed by atoms with Gasteiger partial charge in [0.25, 0.3) is 10.0 Å². The molecule has 0 fully saturated rings. The SMILES string of the molecule is CC[C@H](Sc1ccc(Cl)cc1)C(=O)Nc1ccc(S(=O)(=O)Nc2nccc(C)n2)cc1. The van der Waals surface area contributed by atoms with Crippen molar-refractivity contribution in [2.75, 3.05) is 10.0 Å². The van der Waals surface area contributed by atoms with Gasteiger partial charge in [0, 0.05) is 27.5 Å². The van der Waals surface area contributed by atoms with Crippen LogP contribution in [0.3, 0.4) is 0 Å². The third kappa shape index (κ3) is 6.43. The molecule has 31 heavy (non-hydrogen) atoms. The Labute approximate surface area is 190 Å². The number of rotatable bonds is 8. The maximum absolute atomic E-state index is 12.7. The Morgan fingerprint density at radius 2 is 1.77 bits per heavy atom. The molecule has 0 saturated heterocycles. The van der Waals surface area contributed by atoms with Gasteiger partial charge in [-0.2, -0.15) is 0 Å². The zero-order valence-corrected chi connectivity index (χ0v) is 19.3. The topological polar surface area (TPSA) is 101 Å². The fourth-order valence-electron chi connectivity index (χ4n) is 2.62. The first kappa shape index (κ1) is 23.1. The van der Waals surface area contributed by atoms with Crippen LogP contribution in [-0.4, -0.2) is 29.5 Å². The monoisotopic (exact) mass is 476 g/mol. The number of nitrogens with one attached hydrogen (secondary N) is 2. The van der Waals surface area contributed by atoms with Crippen molar-refractivity contribution in [3.63, 3.8) is 0 Å². The summed E-state index contributed by atoms with van der Waals surface area (Å²) in [4.78, 5) is 21.6. The highest BCUT2D eigenvalue weighted by Gasteiger charge is 2.19. The van der Waals surface area contributed by atoms with Crippen molar-refractivity contribution in [1.82, 2.24) is 9.97 Å². The van der Waals surface area contributed by atoms with Crippen LogP contribution in [-0.2, 0) is 14.8 Å². The summed E-state index contributed by atoms with van der Waals surface area (Å²) >= 11 is 7.35. The average Bonchev–Trinajstić information content (AvgIpc) is 2.73. The molecule has 7 nitrogen and oxygen atoms in total. The van der Waals surface area contributed by atoms with E-state index < -0.39 is 10.0 Å². The Morgan fingerprint density at radius 1 is 1.10 bits per heavy atom. The standard InChI is InChI=1S/C21H21ClN4O3S2/c1-3-19(30-17-8-4-15(22)5-9-17)20(27)25-16-6-10-18(11-7-16)31(28,29)26-21-23-13-12-14(2)24-21/h4-13,19H,3H2,1-2H3,(H,25,27)(H,23,24,26)/t19-/m0/s1. The number of hydrogen-bond acceptors (Lipinski definition) is 6. The number of sulfonamides is 1. The molecule has 1 amide bonds. The molecule has 0 saturated carbocycles. The van der Waals surface area contributed by atoms with Gasteiger partial charge in [-0.3, -0.25) is 4.79 Å². The summed E-state index contributed by atoms with van der Waals surface area (Å²) in [5, 5.41) is 3.17. The highest BCUT2D eigenvalue weighted by atomic mass is 35.5. The van der Waals surface area contributed by atoms with Crippen molar-refractivity contribution in [1.29, 1.82) is 0 Å². The number of hydrogen-bond donors (Lipinski definition) is 2. The molecule has 0 unspecified atom stereocenters. The lowest BCUT2D eigenvalue weighted by Crippen LogP contribution is -2.24. The first-order valence-electron chi connectivity index (χ1n) is 9.42. The van der Waals surface area contributed by atoms with E-state index in [1.807, 2.05) is 19.1 Å². The van der Waals surface area contributed by atoms with Gasteiger partial charge in [0.15, 0.2) is 0 Å². The molecule has 162 valence electrons. The van der Waals surface area contributed by atoms with Gasteiger partial charge < -0.3 is 5.32 Å².